The van der Waals surface area contributed by atoms with E-state index < -0.39 is 0 Å². The highest BCUT2D eigenvalue weighted by Crippen LogP contribution is 2.26. The van der Waals surface area contributed by atoms with Crippen molar-refractivity contribution in [2.24, 2.45) is 0 Å². The fourth-order valence-electron chi connectivity index (χ4n) is 3.80. The van der Waals surface area contributed by atoms with Gasteiger partial charge in [-0.25, -0.2) is 4.98 Å². The van der Waals surface area contributed by atoms with E-state index in [-0.39, 0.29) is 0 Å². The van der Waals surface area contributed by atoms with E-state index in [0.29, 0.717) is 17.6 Å². The van der Waals surface area contributed by atoms with Crippen LogP contribution in [0.2, 0.25) is 0 Å². The summed E-state index contributed by atoms with van der Waals surface area (Å²) in [5.41, 5.74) is 2.86. The highest BCUT2D eigenvalue weighted by Gasteiger charge is 2.18. The van der Waals surface area contributed by atoms with Crippen molar-refractivity contribution in [2.45, 2.75) is 38.1 Å². The number of nitrogens with one attached hydrogen (secondary N) is 1. The Kier molecular flexibility index (Phi) is 4.45. The fourth-order valence-corrected chi connectivity index (χ4v) is 3.80. The Labute approximate surface area is 163 Å². The molecule has 28 heavy (non-hydrogen) atoms. The average molecular weight is 370 g/mol. The standard InChI is InChI=1S/C22H22N6/c1-3-8-16(9-4-1)19-14-20(24-18-11-5-2-6-12-18)28-22(25-19)26-21(27-28)17-10-7-13-23-15-17/h1,3-4,7-10,13-15,18,24H,2,5-6,11-12H2. The van der Waals surface area contributed by atoms with Crippen LogP contribution in [-0.4, -0.2) is 30.6 Å². The van der Waals surface area contributed by atoms with E-state index in [2.05, 4.69) is 33.5 Å². The van der Waals surface area contributed by atoms with Crippen molar-refractivity contribution in [1.29, 1.82) is 0 Å². The van der Waals surface area contributed by atoms with E-state index in [4.69, 9.17) is 10.1 Å². The van der Waals surface area contributed by atoms with Crippen molar-refractivity contribution in [2.75, 3.05) is 5.32 Å². The molecule has 1 aliphatic carbocycles. The van der Waals surface area contributed by atoms with Crippen LogP contribution in [0.4, 0.5) is 5.82 Å². The molecular weight excluding hydrogens is 348 g/mol. The van der Waals surface area contributed by atoms with Crippen LogP contribution in [0.1, 0.15) is 32.1 Å². The normalized spacial score (nSPS) is 15.0. The van der Waals surface area contributed by atoms with Crippen molar-refractivity contribution in [3.05, 3.63) is 60.9 Å². The topological polar surface area (TPSA) is 68.0 Å². The van der Waals surface area contributed by atoms with Gasteiger partial charge in [0.25, 0.3) is 5.78 Å². The summed E-state index contributed by atoms with van der Waals surface area (Å²) in [6, 6.07) is 16.6. The lowest BCUT2D eigenvalue weighted by molar-refractivity contribution is 0.461. The minimum absolute atomic E-state index is 0.467. The average Bonchev–Trinajstić information content (AvgIpc) is 3.20. The van der Waals surface area contributed by atoms with Crippen LogP contribution in [0.5, 0.6) is 0 Å². The van der Waals surface area contributed by atoms with Crippen LogP contribution < -0.4 is 5.32 Å². The summed E-state index contributed by atoms with van der Waals surface area (Å²) >= 11 is 0. The molecule has 0 unspecified atom stereocenters. The lowest BCUT2D eigenvalue weighted by atomic mass is 9.95. The Morgan fingerprint density at radius 1 is 0.893 bits per heavy atom. The van der Waals surface area contributed by atoms with Gasteiger partial charge < -0.3 is 5.32 Å². The first-order valence-electron chi connectivity index (χ1n) is 9.87. The van der Waals surface area contributed by atoms with Gasteiger partial charge in [-0.15, -0.1) is 5.10 Å². The zero-order chi connectivity index (χ0) is 18.8. The molecule has 1 fully saturated rings. The Morgan fingerprint density at radius 2 is 1.71 bits per heavy atom. The van der Waals surface area contributed by atoms with Gasteiger partial charge in [-0.2, -0.15) is 9.50 Å². The van der Waals surface area contributed by atoms with Gasteiger partial charge in [0, 0.05) is 35.6 Å². The first-order valence-corrected chi connectivity index (χ1v) is 9.87. The van der Waals surface area contributed by atoms with Crippen LogP contribution >= 0.6 is 0 Å². The number of aromatic nitrogens is 5. The molecule has 6 heteroatoms. The number of benzene rings is 1. The van der Waals surface area contributed by atoms with Crippen molar-refractivity contribution >= 4 is 11.6 Å². The molecule has 5 rings (SSSR count). The van der Waals surface area contributed by atoms with Crippen molar-refractivity contribution in [3.63, 3.8) is 0 Å². The third-order valence-corrected chi connectivity index (χ3v) is 5.26. The minimum atomic E-state index is 0.467. The molecule has 0 atom stereocenters. The molecule has 1 saturated carbocycles. The maximum Gasteiger partial charge on any atom is 0.255 e. The van der Waals surface area contributed by atoms with Gasteiger partial charge in [-0.05, 0) is 25.0 Å². The van der Waals surface area contributed by atoms with Crippen LogP contribution in [0.3, 0.4) is 0 Å². The molecule has 1 aliphatic rings. The molecule has 0 radical (unpaired) electrons. The second kappa shape index (κ2) is 7.38. The predicted octanol–water partition coefficient (Wildman–Crippen LogP) is 4.60. The van der Waals surface area contributed by atoms with E-state index in [1.807, 2.05) is 34.8 Å². The van der Waals surface area contributed by atoms with E-state index >= 15 is 0 Å². The van der Waals surface area contributed by atoms with Gasteiger partial charge in [0.15, 0.2) is 5.82 Å². The number of hydrogen-bond donors (Lipinski definition) is 1. The smallest absolute Gasteiger partial charge is 0.255 e. The molecule has 0 saturated heterocycles. The van der Waals surface area contributed by atoms with Gasteiger partial charge in [0.1, 0.15) is 5.82 Å². The molecular formula is C22H22N6. The minimum Gasteiger partial charge on any atom is -0.367 e. The lowest BCUT2D eigenvalue weighted by Crippen LogP contribution is -2.24. The molecule has 3 aromatic heterocycles. The first kappa shape index (κ1) is 16.9. The molecule has 0 amide bonds. The quantitative estimate of drug-likeness (QED) is 0.569. The van der Waals surface area contributed by atoms with E-state index in [1.165, 1.54) is 32.1 Å². The summed E-state index contributed by atoms with van der Waals surface area (Å²) < 4.78 is 1.82. The summed E-state index contributed by atoms with van der Waals surface area (Å²) in [4.78, 5) is 13.6. The van der Waals surface area contributed by atoms with E-state index in [0.717, 1.165) is 22.6 Å². The zero-order valence-corrected chi connectivity index (χ0v) is 15.6. The maximum atomic E-state index is 4.77. The van der Waals surface area contributed by atoms with Gasteiger partial charge >= 0.3 is 0 Å². The lowest BCUT2D eigenvalue weighted by Gasteiger charge is -2.24. The third kappa shape index (κ3) is 3.33. The molecule has 0 aliphatic heterocycles. The molecule has 0 bridgehead atoms. The summed E-state index contributed by atoms with van der Waals surface area (Å²) in [5, 5.41) is 8.43. The monoisotopic (exact) mass is 370 g/mol. The van der Waals surface area contributed by atoms with Crippen molar-refractivity contribution in [3.8, 4) is 22.6 Å². The number of fused-ring (bicyclic) bond motifs is 1. The van der Waals surface area contributed by atoms with Gasteiger partial charge in [0.05, 0.1) is 5.69 Å². The molecule has 4 aromatic rings. The van der Waals surface area contributed by atoms with Crippen LogP contribution in [0, 0.1) is 0 Å². The molecule has 6 nitrogen and oxygen atoms in total. The Bertz CT molecular complexity index is 1070. The molecule has 140 valence electrons. The second-order valence-electron chi connectivity index (χ2n) is 7.26. The van der Waals surface area contributed by atoms with Crippen LogP contribution in [-0.2, 0) is 0 Å². The fraction of sp³-hybridized carbons (Fsp3) is 0.273. The summed E-state index contributed by atoms with van der Waals surface area (Å²) in [7, 11) is 0. The van der Waals surface area contributed by atoms with Crippen molar-refractivity contribution < 1.29 is 0 Å². The second-order valence-corrected chi connectivity index (χ2v) is 7.26. The molecule has 0 spiro atoms. The van der Waals surface area contributed by atoms with E-state index in [1.54, 1.807) is 12.4 Å². The summed E-state index contributed by atoms with van der Waals surface area (Å²) in [6.45, 7) is 0. The molecule has 3 heterocycles. The zero-order valence-electron chi connectivity index (χ0n) is 15.6. The van der Waals surface area contributed by atoms with Crippen LogP contribution in [0.15, 0.2) is 60.9 Å². The molecule has 1 N–H and O–H groups in total. The Hall–Kier alpha value is -3.28. The summed E-state index contributed by atoms with van der Waals surface area (Å²) in [6.07, 6.45) is 9.78. The molecule has 1 aromatic carbocycles. The number of rotatable bonds is 4. The number of pyridine rings is 1. The number of anilines is 1. The number of hydrogen-bond acceptors (Lipinski definition) is 5. The number of nitrogens with zero attached hydrogens (tertiary/aromatic N) is 5. The van der Waals surface area contributed by atoms with Gasteiger partial charge in [0.2, 0.25) is 0 Å². The predicted molar refractivity (Wildman–Crippen MR) is 110 cm³/mol. The first-order chi connectivity index (χ1) is 13.9. The maximum absolute atomic E-state index is 4.77. The van der Waals surface area contributed by atoms with E-state index in [9.17, 15) is 0 Å². The highest BCUT2D eigenvalue weighted by atomic mass is 15.4. The van der Waals surface area contributed by atoms with Gasteiger partial charge in [-0.3, -0.25) is 4.98 Å². The Balaban J connectivity index is 1.62. The third-order valence-electron chi connectivity index (χ3n) is 5.26. The summed E-state index contributed by atoms with van der Waals surface area (Å²) in [5.74, 6) is 2.18. The van der Waals surface area contributed by atoms with Gasteiger partial charge in [-0.1, -0.05) is 49.6 Å². The SMILES string of the molecule is c1ccc(-c2cc(NC3CCCCC3)n3nc(-c4cccnc4)nc3n2)cc1. The van der Waals surface area contributed by atoms with Crippen molar-refractivity contribution in [1.82, 2.24) is 24.6 Å². The highest BCUT2D eigenvalue weighted by molar-refractivity contribution is 5.66. The Morgan fingerprint density at radius 3 is 2.50 bits per heavy atom. The largest absolute Gasteiger partial charge is 0.367 e. The van der Waals surface area contributed by atoms with Crippen LogP contribution in [0.25, 0.3) is 28.4 Å².